The number of rotatable bonds is 5. The van der Waals surface area contributed by atoms with E-state index in [-0.39, 0.29) is 17.1 Å². The van der Waals surface area contributed by atoms with Gasteiger partial charge in [-0.2, -0.15) is 9.78 Å². The van der Waals surface area contributed by atoms with Crippen LogP contribution in [-0.4, -0.2) is 27.5 Å². The lowest BCUT2D eigenvalue weighted by Gasteiger charge is -2.11. The van der Waals surface area contributed by atoms with E-state index in [0.717, 1.165) is 0 Å². The number of benzene rings is 2. The molecule has 0 saturated carbocycles. The smallest absolute Gasteiger partial charge is 0.279 e. The summed E-state index contributed by atoms with van der Waals surface area (Å²) >= 11 is 0. The van der Waals surface area contributed by atoms with E-state index in [1.54, 1.807) is 61.5 Å². The molecular weight excluding hydrogens is 372 g/mol. The van der Waals surface area contributed by atoms with Crippen LogP contribution in [0.15, 0.2) is 63.9 Å². The number of nitrogens with zero attached hydrogens (tertiary/aromatic N) is 3. The van der Waals surface area contributed by atoms with Crippen molar-refractivity contribution in [2.24, 2.45) is 0 Å². The quantitative estimate of drug-likeness (QED) is 0.561. The van der Waals surface area contributed by atoms with Crippen LogP contribution >= 0.6 is 0 Å². The Morgan fingerprint density at radius 2 is 1.86 bits per heavy atom. The van der Waals surface area contributed by atoms with Gasteiger partial charge in [0.25, 0.3) is 11.5 Å². The van der Waals surface area contributed by atoms with Crippen LogP contribution in [0, 0.1) is 6.92 Å². The third-order valence-corrected chi connectivity index (χ3v) is 4.28. The maximum absolute atomic E-state index is 13.0. The lowest BCUT2D eigenvalue weighted by molar-refractivity contribution is 0.102. The molecule has 8 nitrogen and oxygen atoms in total. The number of hydrogen-bond acceptors (Lipinski definition) is 6. The van der Waals surface area contributed by atoms with Gasteiger partial charge in [-0.3, -0.25) is 9.59 Å². The molecule has 1 N–H and O–H groups in total. The number of ether oxygens (including phenoxy) is 1. The molecule has 0 atom stereocenters. The molecule has 4 aromatic rings. The second-order valence-corrected chi connectivity index (χ2v) is 6.31. The summed E-state index contributed by atoms with van der Waals surface area (Å²) in [6.45, 7) is 4.16. The Kier molecular flexibility index (Phi) is 4.82. The average molecular weight is 390 g/mol. The molecule has 0 aliphatic carbocycles. The van der Waals surface area contributed by atoms with Gasteiger partial charge in [0.2, 0.25) is 0 Å². The topological polar surface area (TPSA) is 99.2 Å². The first kappa shape index (κ1) is 18.4. The Morgan fingerprint density at radius 3 is 2.52 bits per heavy atom. The average Bonchev–Trinajstić information content (AvgIpc) is 3.14. The fourth-order valence-corrected chi connectivity index (χ4v) is 2.98. The summed E-state index contributed by atoms with van der Waals surface area (Å²) in [5, 5.41) is 11.6. The monoisotopic (exact) mass is 390 g/mol. The predicted molar refractivity (Wildman–Crippen MR) is 108 cm³/mol. The van der Waals surface area contributed by atoms with Crippen LogP contribution in [-0.2, 0) is 0 Å². The zero-order valence-electron chi connectivity index (χ0n) is 15.9. The summed E-state index contributed by atoms with van der Waals surface area (Å²) in [4.78, 5) is 25.9. The highest BCUT2D eigenvalue weighted by Gasteiger charge is 2.18. The second-order valence-electron chi connectivity index (χ2n) is 6.31. The first-order valence-electron chi connectivity index (χ1n) is 9.07. The van der Waals surface area contributed by atoms with Gasteiger partial charge in [-0.15, -0.1) is 0 Å². The van der Waals surface area contributed by atoms with Gasteiger partial charge < -0.3 is 14.6 Å². The normalized spacial score (nSPS) is 10.8. The van der Waals surface area contributed by atoms with Crippen molar-refractivity contribution in [3.8, 4) is 11.4 Å². The molecule has 4 rings (SSSR count). The lowest BCUT2D eigenvalue weighted by atomic mass is 10.1. The number of amides is 1. The third-order valence-electron chi connectivity index (χ3n) is 4.28. The number of nitrogens with one attached hydrogen (secondary N) is 1. The van der Waals surface area contributed by atoms with Gasteiger partial charge in [-0.05, 0) is 44.2 Å². The molecule has 0 radical (unpaired) electrons. The summed E-state index contributed by atoms with van der Waals surface area (Å²) in [6, 6.07) is 15.4. The number of carbonyl (C=O) groups is 1. The molecule has 0 saturated heterocycles. The van der Waals surface area contributed by atoms with Crippen LogP contribution in [0.4, 0.5) is 5.82 Å². The van der Waals surface area contributed by atoms with Crippen molar-refractivity contribution in [1.82, 2.24) is 14.9 Å². The minimum Gasteiger partial charge on any atom is -0.494 e. The molecule has 8 heteroatoms. The molecule has 0 aliphatic heterocycles. The van der Waals surface area contributed by atoms with Gasteiger partial charge in [0.1, 0.15) is 11.5 Å². The largest absolute Gasteiger partial charge is 0.494 e. The molecule has 0 fully saturated rings. The number of anilines is 1. The first-order chi connectivity index (χ1) is 14.1. The van der Waals surface area contributed by atoms with Gasteiger partial charge in [-0.25, -0.2) is 0 Å². The third kappa shape index (κ3) is 3.60. The van der Waals surface area contributed by atoms with E-state index in [2.05, 4.69) is 15.6 Å². The van der Waals surface area contributed by atoms with E-state index in [1.165, 1.54) is 4.68 Å². The molecule has 0 unspecified atom stereocenters. The van der Waals surface area contributed by atoms with Crippen molar-refractivity contribution < 1.29 is 14.1 Å². The minimum atomic E-state index is -0.491. The zero-order valence-corrected chi connectivity index (χ0v) is 15.9. The molecule has 0 bridgehead atoms. The van der Waals surface area contributed by atoms with Crippen LogP contribution in [0.5, 0.6) is 5.75 Å². The Balaban J connectivity index is 1.82. The van der Waals surface area contributed by atoms with E-state index >= 15 is 0 Å². The summed E-state index contributed by atoms with van der Waals surface area (Å²) < 4.78 is 11.6. The van der Waals surface area contributed by atoms with Gasteiger partial charge >= 0.3 is 0 Å². The molecule has 29 heavy (non-hydrogen) atoms. The molecule has 0 aliphatic rings. The fraction of sp³-hybridized carbons (Fsp3) is 0.143. The number of fused-ring (bicyclic) bond motifs is 1. The second kappa shape index (κ2) is 7.59. The Hall–Kier alpha value is -3.94. The van der Waals surface area contributed by atoms with Crippen LogP contribution in [0.2, 0.25) is 0 Å². The van der Waals surface area contributed by atoms with Crippen LogP contribution in [0.25, 0.3) is 16.5 Å². The highest BCUT2D eigenvalue weighted by molar-refractivity contribution is 6.10. The van der Waals surface area contributed by atoms with E-state index in [1.807, 2.05) is 6.92 Å². The Morgan fingerprint density at radius 1 is 1.14 bits per heavy atom. The van der Waals surface area contributed by atoms with Gasteiger partial charge in [0, 0.05) is 11.5 Å². The minimum absolute atomic E-state index is 0.106. The van der Waals surface area contributed by atoms with E-state index in [0.29, 0.717) is 34.6 Å². The summed E-state index contributed by atoms with van der Waals surface area (Å²) in [7, 11) is 0. The fourth-order valence-electron chi connectivity index (χ4n) is 2.98. The summed E-state index contributed by atoms with van der Waals surface area (Å²) in [5.41, 5.74) is 0.309. The molecule has 0 spiro atoms. The summed E-state index contributed by atoms with van der Waals surface area (Å²) in [6.07, 6.45) is 0. The van der Waals surface area contributed by atoms with Gasteiger partial charge in [-0.1, -0.05) is 23.4 Å². The highest BCUT2D eigenvalue weighted by Crippen LogP contribution is 2.19. The van der Waals surface area contributed by atoms with E-state index < -0.39 is 5.91 Å². The van der Waals surface area contributed by atoms with Crippen LogP contribution in [0.1, 0.15) is 23.2 Å². The number of carbonyl (C=O) groups excluding carboxylic acids is 1. The van der Waals surface area contributed by atoms with E-state index in [4.69, 9.17) is 9.26 Å². The summed E-state index contributed by atoms with van der Waals surface area (Å²) in [5.74, 6) is 1.04. The SMILES string of the molecule is CCOc1ccc(-n2nc(C(=O)Nc3cc(C)on3)c3ccccc3c2=O)cc1. The molecular formula is C21H18N4O4. The Bertz CT molecular complexity index is 1240. The van der Waals surface area contributed by atoms with E-state index in [9.17, 15) is 9.59 Å². The predicted octanol–water partition coefficient (Wildman–Crippen LogP) is 3.33. The molecule has 2 aromatic carbocycles. The Labute approximate surface area is 165 Å². The number of aromatic nitrogens is 3. The highest BCUT2D eigenvalue weighted by atomic mass is 16.5. The van der Waals surface area contributed by atoms with Crippen LogP contribution < -0.4 is 15.6 Å². The molecule has 2 aromatic heterocycles. The van der Waals surface area contributed by atoms with Crippen LogP contribution in [0.3, 0.4) is 0 Å². The number of hydrogen-bond donors (Lipinski definition) is 1. The van der Waals surface area contributed by atoms with Crippen molar-refractivity contribution in [2.75, 3.05) is 11.9 Å². The van der Waals surface area contributed by atoms with Gasteiger partial charge in [0.15, 0.2) is 11.5 Å². The van der Waals surface area contributed by atoms with Crippen molar-refractivity contribution in [1.29, 1.82) is 0 Å². The molecule has 2 heterocycles. The van der Waals surface area contributed by atoms with Crippen molar-refractivity contribution >= 4 is 22.5 Å². The van der Waals surface area contributed by atoms with Crippen molar-refractivity contribution in [3.05, 3.63) is 76.4 Å². The maximum atomic E-state index is 13.0. The van der Waals surface area contributed by atoms with Crippen molar-refractivity contribution in [2.45, 2.75) is 13.8 Å². The zero-order chi connectivity index (χ0) is 20.4. The first-order valence-corrected chi connectivity index (χ1v) is 9.07. The number of aryl methyl sites for hydroxylation is 1. The molecule has 1 amide bonds. The van der Waals surface area contributed by atoms with Gasteiger partial charge in [0.05, 0.1) is 17.7 Å². The molecule has 146 valence electrons. The maximum Gasteiger partial charge on any atom is 0.279 e. The standard InChI is InChI=1S/C21H18N4O4/c1-3-28-15-10-8-14(9-11-15)25-21(27)17-7-5-4-6-16(17)19(23-25)20(26)22-18-12-13(2)29-24-18/h4-12H,3H2,1-2H3,(H,22,24,26). The van der Waals surface area contributed by atoms with Crippen molar-refractivity contribution in [3.63, 3.8) is 0 Å². The lowest BCUT2D eigenvalue weighted by Crippen LogP contribution is -2.26.